The van der Waals surface area contributed by atoms with Crippen molar-refractivity contribution >= 4 is 11.8 Å². The number of quaternary nitrogens is 1. The van der Waals surface area contributed by atoms with Crippen LogP contribution in [-0.2, 0) is 5.75 Å². The molecule has 1 atom stereocenters. The lowest BCUT2D eigenvalue weighted by Crippen LogP contribution is -3.05. The van der Waals surface area contributed by atoms with E-state index in [2.05, 4.69) is 62.4 Å². The Morgan fingerprint density at radius 3 is 2.31 bits per heavy atom. The largest absolute Gasteiger partial charge is 0.331 e. The number of hydrogen-bond acceptors (Lipinski definition) is 3. The second-order valence-electron chi connectivity index (χ2n) is 6.73. The lowest BCUT2D eigenvalue weighted by molar-refractivity contribution is -0.890. The number of aromatic nitrogens is 3. The van der Waals surface area contributed by atoms with E-state index in [9.17, 15) is 4.39 Å². The third-order valence-electron chi connectivity index (χ3n) is 4.49. The number of nitrogens with one attached hydrogen (secondary N) is 1. The molecule has 0 saturated carbocycles. The van der Waals surface area contributed by atoms with Gasteiger partial charge in [0.15, 0.2) is 11.0 Å². The highest BCUT2D eigenvalue weighted by Crippen LogP contribution is 2.27. The maximum Gasteiger partial charge on any atom is 0.196 e. The predicted octanol–water partition coefficient (Wildman–Crippen LogP) is 3.21. The molecule has 0 bridgehead atoms. The summed E-state index contributed by atoms with van der Waals surface area (Å²) in [4.78, 5) is 1.26. The molecule has 1 heterocycles. The molecule has 0 amide bonds. The molecule has 0 aliphatic carbocycles. The topological polar surface area (TPSA) is 35.2 Å². The summed E-state index contributed by atoms with van der Waals surface area (Å²) in [7, 11) is 4.18. The standard InChI is InChI=1S/C20H23FN4S/c1-14-5-7-16(8-6-14)13-26-20-23-22-19(15(2)24(3)4)25(20)18-11-9-17(21)10-12-18/h5-12,15H,13H2,1-4H3/p+1/t15-/m1/s1. The summed E-state index contributed by atoms with van der Waals surface area (Å²) in [5.74, 6) is 1.44. The van der Waals surface area contributed by atoms with Crippen LogP contribution in [0.25, 0.3) is 5.69 Å². The number of benzene rings is 2. The van der Waals surface area contributed by atoms with Crippen LogP contribution in [0.15, 0.2) is 53.7 Å². The van der Waals surface area contributed by atoms with Crippen molar-refractivity contribution in [2.75, 3.05) is 14.1 Å². The molecule has 1 aromatic heterocycles. The Morgan fingerprint density at radius 1 is 1.04 bits per heavy atom. The highest BCUT2D eigenvalue weighted by molar-refractivity contribution is 7.98. The van der Waals surface area contributed by atoms with E-state index >= 15 is 0 Å². The van der Waals surface area contributed by atoms with Crippen LogP contribution in [0.3, 0.4) is 0 Å². The molecule has 0 fully saturated rings. The minimum absolute atomic E-state index is 0.168. The summed E-state index contributed by atoms with van der Waals surface area (Å²) in [6.07, 6.45) is 0. The Balaban J connectivity index is 1.93. The van der Waals surface area contributed by atoms with Crippen molar-refractivity contribution in [3.05, 3.63) is 71.3 Å². The van der Waals surface area contributed by atoms with Crippen molar-refractivity contribution in [3.8, 4) is 5.69 Å². The minimum Gasteiger partial charge on any atom is -0.331 e. The Morgan fingerprint density at radius 2 is 1.69 bits per heavy atom. The van der Waals surface area contributed by atoms with Gasteiger partial charge in [-0.1, -0.05) is 41.6 Å². The van der Waals surface area contributed by atoms with Gasteiger partial charge in [-0.3, -0.25) is 4.57 Å². The molecule has 3 rings (SSSR count). The van der Waals surface area contributed by atoms with Gasteiger partial charge in [0.2, 0.25) is 0 Å². The Labute approximate surface area is 158 Å². The zero-order chi connectivity index (χ0) is 18.7. The van der Waals surface area contributed by atoms with Gasteiger partial charge < -0.3 is 4.90 Å². The van der Waals surface area contributed by atoms with Gasteiger partial charge in [-0.05, 0) is 43.7 Å². The molecule has 0 aliphatic heterocycles. The summed E-state index contributed by atoms with van der Waals surface area (Å²) < 4.78 is 15.4. The molecule has 0 spiro atoms. The highest BCUT2D eigenvalue weighted by Gasteiger charge is 2.23. The van der Waals surface area contributed by atoms with E-state index < -0.39 is 0 Å². The Bertz CT molecular complexity index is 857. The Hall–Kier alpha value is -2.18. The molecule has 3 aromatic rings. The van der Waals surface area contributed by atoms with E-state index in [4.69, 9.17) is 0 Å². The molecule has 136 valence electrons. The molecule has 0 radical (unpaired) electrons. The van der Waals surface area contributed by atoms with Crippen LogP contribution < -0.4 is 4.90 Å². The van der Waals surface area contributed by atoms with Crippen LogP contribution >= 0.6 is 11.8 Å². The third-order valence-corrected chi connectivity index (χ3v) is 5.49. The first-order valence-corrected chi connectivity index (χ1v) is 9.64. The average molecular weight is 372 g/mol. The van der Waals surface area contributed by atoms with Crippen molar-refractivity contribution in [1.29, 1.82) is 0 Å². The van der Waals surface area contributed by atoms with Gasteiger partial charge in [0, 0.05) is 11.4 Å². The molecular weight excluding hydrogens is 347 g/mol. The van der Waals surface area contributed by atoms with E-state index in [0.29, 0.717) is 0 Å². The van der Waals surface area contributed by atoms with Crippen LogP contribution in [0.2, 0.25) is 0 Å². The number of thioether (sulfide) groups is 1. The van der Waals surface area contributed by atoms with E-state index in [1.54, 1.807) is 23.9 Å². The summed E-state index contributed by atoms with van der Waals surface area (Å²) in [5.41, 5.74) is 3.37. The zero-order valence-corrected chi connectivity index (χ0v) is 16.3. The fourth-order valence-corrected chi connectivity index (χ4v) is 3.49. The van der Waals surface area contributed by atoms with Gasteiger partial charge in [-0.25, -0.2) is 4.39 Å². The normalized spacial score (nSPS) is 12.5. The van der Waals surface area contributed by atoms with E-state index in [1.165, 1.54) is 28.2 Å². The molecule has 6 heteroatoms. The fraction of sp³-hybridized carbons (Fsp3) is 0.300. The lowest BCUT2D eigenvalue weighted by atomic mass is 10.2. The third kappa shape index (κ3) is 4.14. The lowest BCUT2D eigenvalue weighted by Gasteiger charge is -2.18. The van der Waals surface area contributed by atoms with Crippen LogP contribution in [0.5, 0.6) is 0 Å². The highest BCUT2D eigenvalue weighted by atomic mass is 32.2. The maximum atomic E-state index is 13.4. The van der Waals surface area contributed by atoms with E-state index in [1.807, 2.05) is 4.57 Å². The number of nitrogens with zero attached hydrogens (tertiary/aromatic N) is 3. The molecule has 0 aliphatic rings. The molecule has 2 aromatic carbocycles. The van der Waals surface area contributed by atoms with Crippen molar-refractivity contribution in [2.45, 2.75) is 30.8 Å². The van der Waals surface area contributed by atoms with Crippen LogP contribution in [-0.4, -0.2) is 28.9 Å². The zero-order valence-electron chi connectivity index (χ0n) is 15.5. The van der Waals surface area contributed by atoms with Crippen LogP contribution in [0.1, 0.15) is 29.9 Å². The SMILES string of the molecule is Cc1ccc(CSc2nnc([C@@H](C)[NH+](C)C)n2-c2ccc(F)cc2)cc1. The van der Waals surface area contributed by atoms with Crippen molar-refractivity contribution in [1.82, 2.24) is 14.8 Å². The first-order valence-electron chi connectivity index (χ1n) is 8.65. The average Bonchev–Trinajstić information content (AvgIpc) is 3.05. The number of halogens is 1. The van der Waals surface area contributed by atoms with Crippen molar-refractivity contribution in [2.24, 2.45) is 0 Å². The van der Waals surface area contributed by atoms with Crippen molar-refractivity contribution in [3.63, 3.8) is 0 Å². The fourth-order valence-electron chi connectivity index (χ4n) is 2.58. The molecular formula is C20H24FN4S+. The molecule has 1 N–H and O–H groups in total. The van der Waals surface area contributed by atoms with Gasteiger partial charge >= 0.3 is 0 Å². The molecule has 0 saturated heterocycles. The van der Waals surface area contributed by atoms with Gasteiger partial charge in [-0.15, -0.1) is 10.2 Å². The summed E-state index contributed by atoms with van der Waals surface area (Å²) >= 11 is 1.64. The van der Waals surface area contributed by atoms with E-state index in [0.717, 1.165) is 22.4 Å². The number of hydrogen-bond donors (Lipinski definition) is 1. The van der Waals surface area contributed by atoms with Crippen LogP contribution in [0.4, 0.5) is 4.39 Å². The van der Waals surface area contributed by atoms with Gasteiger partial charge in [-0.2, -0.15) is 0 Å². The van der Waals surface area contributed by atoms with Crippen molar-refractivity contribution < 1.29 is 9.29 Å². The smallest absolute Gasteiger partial charge is 0.196 e. The second kappa shape index (κ2) is 8.01. The van der Waals surface area contributed by atoms with Gasteiger partial charge in [0.25, 0.3) is 0 Å². The number of aryl methyl sites for hydroxylation is 1. The number of rotatable bonds is 6. The van der Waals surface area contributed by atoms with E-state index in [-0.39, 0.29) is 11.9 Å². The molecule has 4 nitrogen and oxygen atoms in total. The first-order chi connectivity index (χ1) is 12.5. The molecule has 0 unspecified atom stereocenters. The maximum absolute atomic E-state index is 13.4. The quantitative estimate of drug-likeness (QED) is 0.676. The Kier molecular flexibility index (Phi) is 5.74. The monoisotopic (exact) mass is 371 g/mol. The van der Waals surface area contributed by atoms with Crippen LogP contribution in [0, 0.1) is 12.7 Å². The first kappa shape index (κ1) is 18.6. The second-order valence-corrected chi connectivity index (χ2v) is 7.67. The minimum atomic E-state index is -0.247. The molecule has 26 heavy (non-hydrogen) atoms. The summed E-state index contributed by atoms with van der Waals surface area (Å²) in [6.45, 7) is 4.20. The predicted molar refractivity (Wildman–Crippen MR) is 103 cm³/mol. The summed E-state index contributed by atoms with van der Waals surface area (Å²) in [5, 5.41) is 9.68. The van der Waals surface area contributed by atoms with Gasteiger partial charge in [0.05, 0.1) is 14.1 Å². The summed E-state index contributed by atoms with van der Waals surface area (Å²) in [6, 6.07) is 15.2. The van der Waals surface area contributed by atoms with Gasteiger partial charge in [0.1, 0.15) is 11.9 Å².